The highest BCUT2D eigenvalue weighted by molar-refractivity contribution is 5.72. The van der Waals surface area contributed by atoms with Crippen molar-refractivity contribution in [3.63, 3.8) is 0 Å². The number of aliphatic carboxylic acids is 1. The molecule has 4 heteroatoms. The molecule has 122 valence electrons. The van der Waals surface area contributed by atoms with E-state index < -0.39 is 11.9 Å². The summed E-state index contributed by atoms with van der Waals surface area (Å²) >= 11 is 0. The van der Waals surface area contributed by atoms with E-state index in [1.807, 2.05) is 62.4 Å². The number of hydrogen-bond donors (Lipinski definition) is 2. The number of carboxylic acids is 1. The van der Waals surface area contributed by atoms with Crippen LogP contribution < -0.4 is 10.1 Å². The van der Waals surface area contributed by atoms with Crippen molar-refractivity contribution in [2.75, 3.05) is 12.4 Å². The molecular weight excluding hydrogens is 290 g/mol. The van der Waals surface area contributed by atoms with Crippen molar-refractivity contribution in [2.24, 2.45) is 5.92 Å². The van der Waals surface area contributed by atoms with E-state index in [2.05, 4.69) is 5.32 Å². The zero-order valence-electron chi connectivity index (χ0n) is 13.7. The van der Waals surface area contributed by atoms with Gasteiger partial charge in [-0.3, -0.25) is 4.79 Å². The van der Waals surface area contributed by atoms with Gasteiger partial charge in [-0.2, -0.15) is 0 Å². The van der Waals surface area contributed by atoms with E-state index >= 15 is 0 Å². The van der Waals surface area contributed by atoms with Crippen LogP contribution in [0.4, 0.5) is 5.69 Å². The first-order valence-electron chi connectivity index (χ1n) is 7.75. The van der Waals surface area contributed by atoms with Gasteiger partial charge in [-0.1, -0.05) is 36.8 Å². The van der Waals surface area contributed by atoms with E-state index in [-0.39, 0.29) is 6.04 Å². The Morgan fingerprint density at radius 3 is 2.22 bits per heavy atom. The largest absolute Gasteiger partial charge is 0.497 e. The number of hydrogen-bond acceptors (Lipinski definition) is 3. The topological polar surface area (TPSA) is 58.6 Å². The molecule has 0 amide bonds. The molecule has 2 aromatic rings. The summed E-state index contributed by atoms with van der Waals surface area (Å²) < 4.78 is 5.16. The summed E-state index contributed by atoms with van der Waals surface area (Å²) in [6, 6.07) is 15.2. The summed E-state index contributed by atoms with van der Waals surface area (Å²) in [5.74, 6) is -0.522. The van der Waals surface area contributed by atoms with E-state index in [4.69, 9.17) is 4.74 Å². The molecule has 0 saturated heterocycles. The van der Waals surface area contributed by atoms with E-state index in [1.54, 1.807) is 7.11 Å². The van der Waals surface area contributed by atoms with Crippen LogP contribution in [0.3, 0.4) is 0 Å². The Hall–Kier alpha value is -2.49. The molecule has 2 aromatic carbocycles. The van der Waals surface area contributed by atoms with E-state index in [9.17, 15) is 9.90 Å². The Balaban J connectivity index is 2.31. The molecule has 0 bridgehead atoms. The average Bonchev–Trinajstić information content (AvgIpc) is 2.56. The fourth-order valence-electron chi connectivity index (χ4n) is 2.61. The maximum Gasteiger partial charge on any atom is 0.308 e. The monoisotopic (exact) mass is 313 g/mol. The summed E-state index contributed by atoms with van der Waals surface area (Å²) in [4.78, 5) is 11.6. The first-order chi connectivity index (χ1) is 11.0. The molecule has 0 aliphatic rings. The van der Waals surface area contributed by atoms with Crippen molar-refractivity contribution < 1.29 is 14.6 Å². The molecule has 0 saturated carbocycles. The SMILES string of the molecule is CC[C@@H](C(=O)O)[C@H](Nc1ccc(OC)cc1)c1ccc(C)cc1. The molecule has 2 rings (SSSR count). The van der Waals surface area contributed by atoms with Crippen molar-refractivity contribution in [2.45, 2.75) is 26.3 Å². The van der Waals surface area contributed by atoms with Gasteiger partial charge in [-0.15, -0.1) is 0 Å². The number of anilines is 1. The highest BCUT2D eigenvalue weighted by atomic mass is 16.5. The summed E-state index contributed by atoms with van der Waals surface area (Å²) in [6.45, 7) is 3.92. The zero-order chi connectivity index (χ0) is 16.8. The predicted octanol–water partition coefficient (Wildman–Crippen LogP) is 4.27. The molecule has 0 aliphatic heterocycles. The van der Waals surface area contributed by atoms with Crippen LogP contribution in [0.15, 0.2) is 48.5 Å². The molecule has 4 nitrogen and oxygen atoms in total. The zero-order valence-corrected chi connectivity index (χ0v) is 13.7. The average molecular weight is 313 g/mol. The van der Waals surface area contributed by atoms with Crippen LogP contribution in [-0.4, -0.2) is 18.2 Å². The van der Waals surface area contributed by atoms with Crippen molar-refractivity contribution in [3.8, 4) is 5.75 Å². The molecule has 0 heterocycles. The Bertz CT molecular complexity index is 635. The van der Waals surface area contributed by atoms with Crippen LogP contribution in [-0.2, 0) is 4.79 Å². The Morgan fingerprint density at radius 1 is 1.13 bits per heavy atom. The van der Waals surface area contributed by atoms with Gasteiger partial charge in [0.2, 0.25) is 0 Å². The number of aryl methyl sites for hydroxylation is 1. The van der Waals surface area contributed by atoms with Gasteiger partial charge < -0.3 is 15.2 Å². The van der Waals surface area contributed by atoms with Crippen LogP contribution in [0.2, 0.25) is 0 Å². The van der Waals surface area contributed by atoms with Gasteiger partial charge in [-0.25, -0.2) is 0 Å². The molecule has 0 unspecified atom stereocenters. The van der Waals surface area contributed by atoms with Gasteiger partial charge in [0, 0.05) is 5.69 Å². The number of nitrogens with one attached hydrogen (secondary N) is 1. The summed E-state index contributed by atoms with van der Waals surface area (Å²) in [6.07, 6.45) is 0.553. The van der Waals surface area contributed by atoms with Crippen LogP contribution in [0.5, 0.6) is 5.75 Å². The van der Waals surface area contributed by atoms with Gasteiger partial charge in [0.15, 0.2) is 0 Å². The van der Waals surface area contributed by atoms with Crippen molar-refractivity contribution >= 4 is 11.7 Å². The fraction of sp³-hybridized carbons (Fsp3) is 0.316. The standard InChI is InChI=1S/C19H23NO3/c1-4-17(19(21)22)18(14-7-5-13(2)6-8-14)20-15-9-11-16(23-3)12-10-15/h5-12,17-18,20H,4H2,1-3H3,(H,21,22)/t17-,18-/m1/s1. The normalized spacial score (nSPS) is 13.2. The first-order valence-corrected chi connectivity index (χ1v) is 7.75. The molecule has 23 heavy (non-hydrogen) atoms. The molecule has 2 atom stereocenters. The third-order valence-electron chi connectivity index (χ3n) is 4.01. The summed E-state index contributed by atoms with van der Waals surface area (Å²) in [7, 11) is 1.62. The Morgan fingerprint density at radius 2 is 1.74 bits per heavy atom. The number of carbonyl (C=O) groups is 1. The molecule has 2 N–H and O–H groups in total. The van der Waals surface area contributed by atoms with Crippen LogP contribution >= 0.6 is 0 Å². The Kier molecular flexibility index (Phi) is 5.63. The number of methoxy groups -OCH3 is 1. The van der Waals surface area contributed by atoms with Gasteiger partial charge in [-0.05, 0) is 43.2 Å². The maximum atomic E-state index is 11.6. The van der Waals surface area contributed by atoms with Crippen molar-refractivity contribution in [1.82, 2.24) is 0 Å². The van der Waals surface area contributed by atoms with Crippen molar-refractivity contribution in [3.05, 3.63) is 59.7 Å². The molecule has 0 radical (unpaired) electrons. The lowest BCUT2D eigenvalue weighted by molar-refractivity contribution is -0.142. The minimum atomic E-state index is -0.793. The van der Waals surface area contributed by atoms with E-state index in [0.29, 0.717) is 6.42 Å². The third-order valence-corrected chi connectivity index (χ3v) is 4.01. The number of rotatable bonds is 7. The number of benzene rings is 2. The second-order valence-corrected chi connectivity index (χ2v) is 5.61. The smallest absolute Gasteiger partial charge is 0.308 e. The van der Waals surface area contributed by atoms with Crippen LogP contribution in [0.1, 0.15) is 30.5 Å². The summed E-state index contributed by atoms with van der Waals surface area (Å²) in [5, 5.41) is 12.9. The third kappa shape index (κ3) is 4.25. The maximum absolute atomic E-state index is 11.6. The second kappa shape index (κ2) is 7.68. The first kappa shape index (κ1) is 16.9. The van der Waals surface area contributed by atoms with E-state index in [0.717, 1.165) is 22.6 Å². The molecular formula is C19H23NO3. The van der Waals surface area contributed by atoms with Crippen LogP contribution in [0, 0.1) is 12.8 Å². The highest BCUT2D eigenvalue weighted by Gasteiger charge is 2.27. The van der Waals surface area contributed by atoms with Gasteiger partial charge in [0.1, 0.15) is 5.75 Å². The second-order valence-electron chi connectivity index (χ2n) is 5.61. The molecule has 0 spiro atoms. The minimum absolute atomic E-state index is 0.286. The van der Waals surface area contributed by atoms with Gasteiger partial charge in [0.25, 0.3) is 0 Å². The van der Waals surface area contributed by atoms with Gasteiger partial charge >= 0.3 is 5.97 Å². The molecule has 0 aliphatic carbocycles. The highest BCUT2D eigenvalue weighted by Crippen LogP contribution is 2.30. The quantitative estimate of drug-likeness (QED) is 0.801. The molecule has 0 aromatic heterocycles. The number of ether oxygens (including phenoxy) is 1. The minimum Gasteiger partial charge on any atom is -0.497 e. The van der Waals surface area contributed by atoms with Gasteiger partial charge in [0.05, 0.1) is 19.1 Å². The van der Waals surface area contributed by atoms with Crippen molar-refractivity contribution in [1.29, 1.82) is 0 Å². The fourth-order valence-corrected chi connectivity index (χ4v) is 2.61. The molecule has 0 fully saturated rings. The lowest BCUT2D eigenvalue weighted by Gasteiger charge is -2.26. The summed E-state index contributed by atoms with van der Waals surface area (Å²) in [5.41, 5.74) is 3.00. The Labute approximate surface area is 137 Å². The lowest BCUT2D eigenvalue weighted by atomic mass is 9.90. The predicted molar refractivity (Wildman–Crippen MR) is 92.0 cm³/mol. The number of carboxylic acid groups (broad SMARTS) is 1. The van der Waals surface area contributed by atoms with E-state index in [1.165, 1.54) is 0 Å². The lowest BCUT2D eigenvalue weighted by Crippen LogP contribution is -2.27. The van der Waals surface area contributed by atoms with Crippen LogP contribution in [0.25, 0.3) is 0 Å².